The number of aromatic nitrogens is 1. The summed E-state index contributed by atoms with van der Waals surface area (Å²) >= 11 is 3.47. The number of anilines is 3. The van der Waals surface area contributed by atoms with Crippen molar-refractivity contribution in [1.29, 1.82) is 0 Å². The predicted octanol–water partition coefficient (Wildman–Crippen LogP) is 3.79. The van der Waals surface area contributed by atoms with Crippen molar-refractivity contribution in [2.45, 2.75) is 13.8 Å². The molecule has 1 heterocycles. The standard InChI is InChI=1S/C13H14BrN3/c1-8-5-6-16-13(12(8)15)17-10-3-4-11(14)9(2)7-10/h3-7H,15H2,1-2H3,(H,16,17). The molecule has 4 heteroatoms. The van der Waals surface area contributed by atoms with Crippen LogP contribution >= 0.6 is 15.9 Å². The number of nitrogens with zero attached hydrogens (tertiary/aromatic N) is 1. The van der Waals surface area contributed by atoms with Gasteiger partial charge >= 0.3 is 0 Å². The summed E-state index contributed by atoms with van der Waals surface area (Å²) in [5.41, 5.74) is 9.83. The second-order valence-corrected chi connectivity index (χ2v) is 4.83. The zero-order valence-electron chi connectivity index (χ0n) is 9.79. The maximum absolute atomic E-state index is 5.96. The van der Waals surface area contributed by atoms with E-state index in [2.05, 4.69) is 26.2 Å². The highest BCUT2D eigenvalue weighted by Crippen LogP contribution is 2.25. The van der Waals surface area contributed by atoms with Crippen LogP contribution in [0.3, 0.4) is 0 Å². The molecule has 0 aliphatic carbocycles. The molecule has 0 saturated carbocycles. The Morgan fingerprint density at radius 2 is 1.94 bits per heavy atom. The zero-order valence-corrected chi connectivity index (χ0v) is 11.4. The van der Waals surface area contributed by atoms with Gasteiger partial charge in [0.25, 0.3) is 0 Å². The minimum Gasteiger partial charge on any atom is -0.396 e. The molecule has 0 atom stereocenters. The van der Waals surface area contributed by atoms with Gasteiger partial charge in [-0.15, -0.1) is 0 Å². The van der Waals surface area contributed by atoms with Gasteiger partial charge in [0.1, 0.15) is 0 Å². The van der Waals surface area contributed by atoms with E-state index in [4.69, 9.17) is 5.73 Å². The number of nitrogen functional groups attached to an aromatic ring is 1. The fourth-order valence-corrected chi connectivity index (χ4v) is 1.78. The average Bonchev–Trinajstić information content (AvgIpc) is 2.30. The van der Waals surface area contributed by atoms with Crippen LogP contribution in [0.2, 0.25) is 0 Å². The molecule has 17 heavy (non-hydrogen) atoms. The van der Waals surface area contributed by atoms with E-state index in [-0.39, 0.29) is 0 Å². The highest BCUT2D eigenvalue weighted by Gasteiger charge is 2.04. The molecule has 3 nitrogen and oxygen atoms in total. The van der Waals surface area contributed by atoms with Crippen LogP contribution in [0.4, 0.5) is 17.2 Å². The van der Waals surface area contributed by atoms with Crippen molar-refractivity contribution in [2.75, 3.05) is 11.1 Å². The molecule has 2 rings (SSSR count). The first-order valence-electron chi connectivity index (χ1n) is 5.32. The Labute approximate surface area is 109 Å². The first-order chi connectivity index (χ1) is 8.08. The summed E-state index contributed by atoms with van der Waals surface area (Å²) in [6, 6.07) is 7.94. The van der Waals surface area contributed by atoms with Crippen LogP contribution in [0.5, 0.6) is 0 Å². The number of pyridine rings is 1. The van der Waals surface area contributed by atoms with Crippen LogP contribution in [0.25, 0.3) is 0 Å². The number of hydrogen-bond donors (Lipinski definition) is 2. The van der Waals surface area contributed by atoms with Gasteiger partial charge in [-0.2, -0.15) is 0 Å². The van der Waals surface area contributed by atoms with Crippen molar-refractivity contribution in [3.8, 4) is 0 Å². The van der Waals surface area contributed by atoms with Crippen molar-refractivity contribution in [1.82, 2.24) is 4.98 Å². The van der Waals surface area contributed by atoms with Gasteiger partial charge in [-0.3, -0.25) is 0 Å². The minimum atomic E-state index is 0.688. The molecule has 0 aliphatic heterocycles. The minimum absolute atomic E-state index is 0.688. The molecule has 88 valence electrons. The first kappa shape index (κ1) is 11.9. The van der Waals surface area contributed by atoms with E-state index in [0.717, 1.165) is 15.7 Å². The maximum atomic E-state index is 5.96. The molecule has 1 aromatic carbocycles. The summed E-state index contributed by atoms with van der Waals surface area (Å²) in [4.78, 5) is 4.24. The van der Waals surface area contributed by atoms with E-state index in [1.54, 1.807) is 6.20 Å². The van der Waals surface area contributed by atoms with Crippen LogP contribution in [0.15, 0.2) is 34.9 Å². The molecule has 0 radical (unpaired) electrons. The molecule has 0 saturated heterocycles. The van der Waals surface area contributed by atoms with Gasteiger partial charge in [-0.25, -0.2) is 4.98 Å². The van der Waals surface area contributed by atoms with E-state index in [1.165, 1.54) is 5.56 Å². The third-order valence-electron chi connectivity index (χ3n) is 2.63. The van der Waals surface area contributed by atoms with Crippen molar-refractivity contribution in [2.24, 2.45) is 0 Å². The van der Waals surface area contributed by atoms with E-state index in [0.29, 0.717) is 11.5 Å². The van der Waals surface area contributed by atoms with Crippen LogP contribution in [0.1, 0.15) is 11.1 Å². The number of rotatable bonds is 2. The van der Waals surface area contributed by atoms with E-state index in [1.807, 2.05) is 38.1 Å². The Hall–Kier alpha value is -1.55. The third-order valence-corrected chi connectivity index (χ3v) is 3.52. The quantitative estimate of drug-likeness (QED) is 0.885. The Bertz CT molecular complexity index is 552. The molecule has 2 aromatic rings. The van der Waals surface area contributed by atoms with Gasteiger partial charge in [-0.1, -0.05) is 15.9 Å². The average molecular weight is 292 g/mol. The van der Waals surface area contributed by atoms with Gasteiger partial charge in [0.05, 0.1) is 5.69 Å². The van der Waals surface area contributed by atoms with Gasteiger partial charge in [0, 0.05) is 16.4 Å². The van der Waals surface area contributed by atoms with Crippen molar-refractivity contribution in [3.63, 3.8) is 0 Å². The predicted molar refractivity (Wildman–Crippen MR) is 75.5 cm³/mol. The number of nitrogens with one attached hydrogen (secondary N) is 1. The summed E-state index contributed by atoms with van der Waals surface area (Å²) in [7, 11) is 0. The van der Waals surface area contributed by atoms with Crippen LogP contribution in [-0.2, 0) is 0 Å². The topological polar surface area (TPSA) is 50.9 Å². The van der Waals surface area contributed by atoms with Gasteiger partial charge in [0.15, 0.2) is 5.82 Å². The fraction of sp³-hybridized carbons (Fsp3) is 0.154. The van der Waals surface area contributed by atoms with Crippen LogP contribution in [0, 0.1) is 13.8 Å². The van der Waals surface area contributed by atoms with E-state index in [9.17, 15) is 0 Å². The molecular formula is C13H14BrN3. The molecule has 0 unspecified atom stereocenters. The highest BCUT2D eigenvalue weighted by atomic mass is 79.9. The first-order valence-corrected chi connectivity index (χ1v) is 6.11. The van der Waals surface area contributed by atoms with Crippen molar-refractivity contribution >= 4 is 33.1 Å². The molecule has 1 aromatic heterocycles. The summed E-state index contributed by atoms with van der Waals surface area (Å²) in [6.45, 7) is 4.01. The lowest BCUT2D eigenvalue weighted by atomic mass is 10.2. The van der Waals surface area contributed by atoms with Crippen LogP contribution < -0.4 is 11.1 Å². The normalized spacial score (nSPS) is 10.3. The summed E-state index contributed by atoms with van der Waals surface area (Å²) < 4.78 is 1.09. The third kappa shape index (κ3) is 2.58. The largest absolute Gasteiger partial charge is 0.396 e. The number of aryl methyl sites for hydroxylation is 2. The summed E-state index contributed by atoms with van der Waals surface area (Å²) in [5.74, 6) is 0.701. The maximum Gasteiger partial charge on any atom is 0.153 e. The Kier molecular flexibility index (Phi) is 3.33. The monoisotopic (exact) mass is 291 g/mol. The fourth-order valence-electron chi connectivity index (χ4n) is 1.53. The second-order valence-electron chi connectivity index (χ2n) is 3.98. The molecule has 0 fully saturated rings. The van der Waals surface area contributed by atoms with Crippen LogP contribution in [-0.4, -0.2) is 4.98 Å². The lowest BCUT2D eigenvalue weighted by molar-refractivity contribution is 1.27. The second kappa shape index (κ2) is 4.75. The molecule has 0 aliphatic rings. The molecular weight excluding hydrogens is 278 g/mol. The van der Waals surface area contributed by atoms with Gasteiger partial charge < -0.3 is 11.1 Å². The zero-order chi connectivity index (χ0) is 12.4. The van der Waals surface area contributed by atoms with Crippen molar-refractivity contribution < 1.29 is 0 Å². The Morgan fingerprint density at radius 1 is 1.18 bits per heavy atom. The Balaban J connectivity index is 2.31. The molecule has 0 amide bonds. The lowest BCUT2D eigenvalue weighted by Crippen LogP contribution is -2.00. The number of halogens is 1. The highest BCUT2D eigenvalue weighted by molar-refractivity contribution is 9.10. The number of hydrogen-bond acceptors (Lipinski definition) is 3. The lowest BCUT2D eigenvalue weighted by Gasteiger charge is -2.10. The van der Waals surface area contributed by atoms with Gasteiger partial charge in [0.2, 0.25) is 0 Å². The molecule has 0 bridgehead atoms. The smallest absolute Gasteiger partial charge is 0.153 e. The summed E-state index contributed by atoms with van der Waals surface area (Å²) in [6.07, 6.45) is 1.75. The number of benzene rings is 1. The SMILES string of the molecule is Cc1cc(Nc2nccc(C)c2N)ccc1Br. The van der Waals surface area contributed by atoms with Gasteiger partial charge in [-0.05, 0) is 49.2 Å². The van der Waals surface area contributed by atoms with Crippen molar-refractivity contribution in [3.05, 3.63) is 46.1 Å². The number of nitrogens with two attached hydrogens (primary N) is 1. The van der Waals surface area contributed by atoms with E-state index < -0.39 is 0 Å². The molecule has 0 spiro atoms. The summed E-state index contributed by atoms with van der Waals surface area (Å²) in [5, 5.41) is 3.22. The molecule has 3 N–H and O–H groups in total. The van der Waals surface area contributed by atoms with E-state index >= 15 is 0 Å². The Morgan fingerprint density at radius 3 is 2.65 bits per heavy atom.